The summed E-state index contributed by atoms with van der Waals surface area (Å²) in [6.45, 7) is 12.5. The maximum Gasteiger partial charge on any atom is 0.0332 e. The van der Waals surface area contributed by atoms with E-state index < -0.39 is 0 Å². The molecule has 0 aromatic heterocycles. The summed E-state index contributed by atoms with van der Waals surface area (Å²) in [5.74, 6) is 0. The minimum absolute atomic E-state index is 0.261. The van der Waals surface area contributed by atoms with E-state index in [0.29, 0.717) is 0 Å². The van der Waals surface area contributed by atoms with Crippen molar-refractivity contribution in [2.24, 2.45) is 5.73 Å². The molecule has 0 aliphatic carbocycles. The van der Waals surface area contributed by atoms with E-state index in [2.05, 4.69) is 42.6 Å². The zero-order valence-electron chi connectivity index (χ0n) is 14.2. The molecule has 0 saturated carbocycles. The number of nitrogens with zero attached hydrogens (tertiary/aromatic N) is 3. The summed E-state index contributed by atoms with van der Waals surface area (Å²) in [5, 5.41) is 0. The van der Waals surface area contributed by atoms with Crippen LogP contribution in [0.5, 0.6) is 0 Å². The average molecular weight is 284 g/mol. The zero-order valence-corrected chi connectivity index (χ0v) is 14.2. The van der Waals surface area contributed by atoms with Crippen LogP contribution in [0.1, 0.15) is 39.5 Å². The van der Waals surface area contributed by atoms with Gasteiger partial charge in [0, 0.05) is 51.4 Å². The Morgan fingerprint density at radius 3 is 1.95 bits per heavy atom. The summed E-state index contributed by atoms with van der Waals surface area (Å²) in [7, 11) is 4.30. The SMILES string of the molecule is CCCC(CN)(CCC)N1CCN(CCN(C)C)CC1. The third kappa shape index (κ3) is 4.99. The van der Waals surface area contributed by atoms with Crippen molar-refractivity contribution < 1.29 is 0 Å². The quantitative estimate of drug-likeness (QED) is 0.695. The van der Waals surface area contributed by atoms with E-state index in [1.807, 2.05) is 0 Å². The van der Waals surface area contributed by atoms with Crippen molar-refractivity contribution in [1.29, 1.82) is 0 Å². The molecule has 0 radical (unpaired) electrons. The molecule has 0 amide bonds. The summed E-state index contributed by atoms with van der Waals surface area (Å²) in [6, 6.07) is 0. The second-order valence-corrected chi connectivity index (χ2v) is 6.56. The van der Waals surface area contributed by atoms with Crippen molar-refractivity contribution in [3.05, 3.63) is 0 Å². The Labute approximate surface area is 126 Å². The van der Waals surface area contributed by atoms with E-state index in [-0.39, 0.29) is 5.54 Å². The van der Waals surface area contributed by atoms with Gasteiger partial charge in [-0.2, -0.15) is 0 Å². The number of hydrogen-bond acceptors (Lipinski definition) is 4. The van der Waals surface area contributed by atoms with Gasteiger partial charge in [-0.1, -0.05) is 26.7 Å². The van der Waals surface area contributed by atoms with Gasteiger partial charge >= 0.3 is 0 Å². The van der Waals surface area contributed by atoms with Crippen LogP contribution in [-0.4, -0.2) is 80.1 Å². The fourth-order valence-corrected chi connectivity index (χ4v) is 3.49. The molecule has 0 aromatic rings. The molecule has 4 heteroatoms. The van der Waals surface area contributed by atoms with Gasteiger partial charge in [-0.15, -0.1) is 0 Å². The second-order valence-electron chi connectivity index (χ2n) is 6.56. The Kier molecular flexibility index (Phi) is 8.03. The highest BCUT2D eigenvalue weighted by molar-refractivity contribution is 4.93. The molecular weight excluding hydrogens is 248 g/mol. The van der Waals surface area contributed by atoms with E-state index in [1.54, 1.807) is 0 Å². The van der Waals surface area contributed by atoms with Crippen LogP contribution >= 0.6 is 0 Å². The molecule has 1 saturated heterocycles. The summed E-state index contributed by atoms with van der Waals surface area (Å²) in [4.78, 5) is 7.55. The molecule has 0 unspecified atom stereocenters. The van der Waals surface area contributed by atoms with Gasteiger partial charge in [-0.05, 0) is 26.9 Å². The predicted octanol–water partition coefficient (Wildman–Crippen LogP) is 1.46. The summed E-state index contributed by atoms with van der Waals surface area (Å²) in [6.07, 6.45) is 4.96. The number of likely N-dealkylation sites (N-methyl/N-ethyl adjacent to an activating group) is 1. The number of nitrogens with two attached hydrogens (primary N) is 1. The smallest absolute Gasteiger partial charge is 0.0332 e. The Hall–Kier alpha value is -0.160. The first kappa shape index (κ1) is 17.9. The van der Waals surface area contributed by atoms with Crippen molar-refractivity contribution in [3.63, 3.8) is 0 Å². The molecule has 0 bridgehead atoms. The van der Waals surface area contributed by atoms with Gasteiger partial charge in [-0.25, -0.2) is 0 Å². The molecule has 1 heterocycles. The normalized spacial score (nSPS) is 18.9. The first-order valence-corrected chi connectivity index (χ1v) is 8.40. The molecule has 1 fully saturated rings. The molecule has 2 N–H and O–H groups in total. The highest BCUT2D eigenvalue weighted by Crippen LogP contribution is 2.27. The molecule has 4 nitrogen and oxygen atoms in total. The van der Waals surface area contributed by atoms with E-state index in [4.69, 9.17) is 5.73 Å². The molecule has 1 rings (SSSR count). The number of rotatable bonds is 9. The molecule has 20 heavy (non-hydrogen) atoms. The van der Waals surface area contributed by atoms with Crippen LogP contribution in [0.15, 0.2) is 0 Å². The van der Waals surface area contributed by atoms with E-state index in [1.165, 1.54) is 58.4 Å². The minimum Gasteiger partial charge on any atom is -0.329 e. The Bertz CT molecular complexity index is 241. The van der Waals surface area contributed by atoms with E-state index >= 15 is 0 Å². The Morgan fingerprint density at radius 1 is 1.00 bits per heavy atom. The fourth-order valence-electron chi connectivity index (χ4n) is 3.49. The van der Waals surface area contributed by atoms with Gasteiger partial charge in [0.25, 0.3) is 0 Å². The monoisotopic (exact) mass is 284 g/mol. The highest BCUT2D eigenvalue weighted by atomic mass is 15.3. The standard InChI is InChI=1S/C16H36N4/c1-5-7-16(15-17,8-6-2)20-13-11-19(12-14-20)10-9-18(3)4/h5-15,17H2,1-4H3. The van der Waals surface area contributed by atoms with Crippen molar-refractivity contribution >= 4 is 0 Å². The van der Waals surface area contributed by atoms with Crippen LogP contribution < -0.4 is 5.73 Å². The molecule has 0 atom stereocenters. The molecule has 1 aliphatic rings. The van der Waals surface area contributed by atoms with Crippen molar-refractivity contribution in [3.8, 4) is 0 Å². The van der Waals surface area contributed by atoms with Gasteiger partial charge in [-0.3, -0.25) is 9.80 Å². The van der Waals surface area contributed by atoms with Gasteiger partial charge in [0.05, 0.1) is 0 Å². The van der Waals surface area contributed by atoms with Crippen LogP contribution in [0.4, 0.5) is 0 Å². The highest BCUT2D eigenvalue weighted by Gasteiger charge is 2.35. The lowest BCUT2D eigenvalue weighted by Gasteiger charge is -2.48. The van der Waals surface area contributed by atoms with Crippen LogP contribution in [0.3, 0.4) is 0 Å². The maximum atomic E-state index is 6.18. The van der Waals surface area contributed by atoms with Gasteiger partial charge in [0.1, 0.15) is 0 Å². The Morgan fingerprint density at radius 2 is 1.55 bits per heavy atom. The van der Waals surface area contributed by atoms with Gasteiger partial charge in [0.15, 0.2) is 0 Å². The molecule has 0 spiro atoms. The maximum absolute atomic E-state index is 6.18. The van der Waals surface area contributed by atoms with Gasteiger partial charge < -0.3 is 10.6 Å². The second kappa shape index (κ2) is 8.98. The lowest BCUT2D eigenvalue weighted by atomic mass is 9.86. The third-order valence-electron chi connectivity index (χ3n) is 4.72. The first-order chi connectivity index (χ1) is 9.57. The number of hydrogen-bond donors (Lipinski definition) is 1. The van der Waals surface area contributed by atoms with E-state index in [0.717, 1.165) is 13.1 Å². The lowest BCUT2D eigenvalue weighted by Crippen LogP contribution is -2.60. The van der Waals surface area contributed by atoms with Crippen molar-refractivity contribution in [2.75, 3.05) is 59.9 Å². The zero-order chi connectivity index (χ0) is 15.0. The molecular formula is C16H36N4. The molecule has 120 valence electrons. The van der Waals surface area contributed by atoms with Crippen molar-refractivity contribution in [1.82, 2.24) is 14.7 Å². The van der Waals surface area contributed by atoms with E-state index in [9.17, 15) is 0 Å². The van der Waals surface area contributed by atoms with Crippen molar-refractivity contribution in [2.45, 2.75) is 45.1 Å². The topological polar surface area (TPSA) is 35.7 Å². The van der Waals surface area contributed by atoms with Crippen LogP contribution in [0.2, 0.25) is 0 Å². The molecule has 0 aromatic carbocycles. The summed E-state index contributed by atoms with van der Waals surface area (Å²) in [5.41, 5.74) is 6.44. The fraction of sp³-hybridized carbons (Fsp3) is 1.00. The number of piperazine rings is 1. The molecule has 1 aliphatic heterocycles. The summed E-state index contributed by atoms with van der Waals surface area (Å²) >= 11 is 0. The largest absolute Gasteiger partial charge is 0.329 e. The van der Waals surface area contributed by atoms with Crippen LogP contribution in [-0.2, 0) is 0 Å². The van der Waals surface area contributed by atoms with Gasteiger partial charge in [0.2, 0.25) is 0 Å². The minimum atomic E-state index is 0.261. The third-order valence-corrected chi connectivity index (χ3v) is 4.72. The average Bonchev–Trinajstić information content (AvgIpc) is 2.45. The van der Waals surface area contributed by atoms with Crippen LogP contribution in [0.25, 0.3) is 0 Å². The van der Waals surface area contributed by atoms with Crippen LogP contribution in [0, 0.1) is 0 Å². The first-order valence-electron chi connectivity index (χ1n) is 8.40. The Balaban J connectivity index is 2.51. The lowest BCUT2D eigenvalue weighted by molar-refractivity contribution is 0.0226. The summed E-state index contributed by atoms with van der Waals surface area (Å²) < 4.78 is 0. The predicted molar refractivity (Wildman–Crippen MR) is 88.2 cm³/mol.